The minimum absolute atomic E-state index is 0.235. The fourth-order valence-electron chi connectivity index (χ4n) is 1.93. The molecule has 0 N–H and O–H groups in total. The predicted octanol–water partition coefficient (Wildman–Crippen LogP) is 0.866. The standard InChI is InChI=1S/C10H16N4/c1-8-9-10(14(4)7-11-8)13(3)6-5-12(9)2/h5-8H,1-4H3. The molecule has 0 saturated heterocycles. The van der Waals surface area contributed by atoms with Crippen molar-refractivity contribution in [2.75, 3.05) is 21.1 Å². The van der Waals surface area contributed by atoms with Crippen LogP contribution in [-0.4, -0.2) is 48.2 Å². The van der Waals surface area contributed by atoms with Gasteiger partial charge in [0.05, 0.1) is 18.1 Å². The lowest BCUT2D eigenvalue weighted by atomic mass is 10.1. The number of hydrogen-bond donors (Lipinski definition) is 0. The van der Waals surface area contributed by atoms with Crippen LogP contribution < -0.4 is 0 Å². The first kappa shape index (κ1) is 9.12. The van der Waals surface area contributed by atoms with Gasteiger partial charge in [0.15, 0.2) is 0 Å². The van der Waals surface area contributed by atoms with Gasteiger partial charge >= 0.3 is 0 Å². The van der Waals surface area contributed by atoms with Crippen molar-refractivity contribution in [2.45, 2.75) is 13.0 Å². The molecule has 4 heteroatoms. The molecular formula is C10H16N4. The average molecular weight is 192 g/mol. The third-order valence-electron chi connectivity index (χ3n) is 2.65. The minimum atomic E-state index is 0.235. The summed E-state index contributed by atoms with van der Waals surface area (Å²) in [5.41, 5.74) is 1.25. The maximum atomic E-state index is 4.42. The average Bonchev–Trinajstić information content (AvgIpc) is 2.16. The Morgan fingerprint density at radius 3 is 2.36 bits per heavy atom. The van der Waals surface area contributed by atoms with E-state index in [-0.39, 0.29) is 6.04 Å². The van der Waals surface area contributed by atoms with Crippen molar-refractivity contribution in [3.63, 3.8) is 0 Å². The Balaban J connectivity index is 2.44. The van der Waals surface area contributed by atoms with E-state index in [1.807, 2.05) is 13.4 Å². The van der Waals surface area contributed by atoms with Crippen LogP contribution in [0.1, 0.15) is 6.92 Å². The van der Waals surface area contributed by atoms with Crippen LogP contribution >= 0.6 is 0 Å². The third-order valence-corrected chi connectivity index (χ3v) is 2.65. The summed E-state index contributed by atoms with van der Waals surface area (Å²) in [4.78, 5) is 10.7. The molecule has 0 aromatic heterocycles. The van der Waals surface area contributed by atoms with Crippen molar-refractivity contribution < 1.29 is 0 Å². The van der Waals surface area contributed by atoms with E-state index >= 15 is 0 Å². The first-order valence-corrected chi connectivity index (χ1v) is 4.75. The Morgan fingerprint density at radius 1 is 1.07 bits per heavy atom. The van der Waals surface area contributed by atoms with Gasteiger partial charge in [0.1, 0.15) is 5.82 Å². The van der Waals surface area contributed by atoms with Gasteiger partial charge in [0.2, 0.25) is 0 Å². The van der Waals surface area contributed by atoms with Gasteiger partial charge in [-0.25, -0.2) is 0 Å². The number of likely N-dealkylation sites (N-methyl/N-ethyl adjacent to an activating group) is 1. The number of hydrogen-bond acceptors (Lipinski definition) is 4. The second-order valence-electron chi connectivity index (χ2n) is 3.78. The highest BCUT2D eigenvalue weighted by Gasteiger charge is 2.26. The monoisotopic (exact) mass is 192 g/mol. The fraction of sp³-hybridized carbons (Fsp3) is 0.500. The summed E-state index contributed by atoms with van der Waals surface area (Å²) >= 11 is 0. The van der Waals surface area contributed by atoms with E-state index in [9.17, 15) is 0 Å². The molecule has 2 rings (SSSR count). The van der Waals surface area contributed by atoms with E-state index in [1.54, 1.807) is 0 Å². The van der Waals surface area contributed by atoms with E-state index in [0.717, 1.165) is 0 Å². The van der Waals surface area contributed by atoms with Crippen LogP contribution in [0.4, 0.5) is 0 Å². The fourth-order valence-corrected chi connectivity index (χ4v) is 1.93. The van der Waals surface area contributed by atoms with Crippen molar-refractivity contribution in [2.24, 2.45) is 4.99 Å². The highest BCUT2D eigenvalue weighted by Crippen LogP contribution is 2.26. The van der Waals surface area contributed by atoms with E-state index in [0.29, 0.717) is 0 Å². The molecule has 0 fully saturated rings. The Hall–Kier alpha value is -1.45. The van der Waals surface area contributed by atoms with Crippen LogP contribution in [0.15, 0.2) is 28.9 Å². The molecule has 2 aliphatic rings. The maximum Gasteiger partial charge on any atom is 0.135 e. The summed E-state index contributed by atoms with van der Waals surface area (Å²) in [6, 6.07) is 0.235. The third kappa shape index (κ3) is 1.18. The van der Waals surface area contributed by atoms with Gasteiger partial charge in [-0.3, -0.25) is 4.99 Å². The Bertz CT molecular complexity index is 269. The van der Waals surface area contributed by atoms with Crippen LogP contribution in [-0.2, 0) is 0 Å². The van der Waals surface area contributed by atoms with Crippen LogP contribution in [0.2, 0.25) is 0 Å². The van der Waals surface area contributed by atoms with Gasteiger partial charge in [-0.2, -0.15) is 0 Å². The molecule has 4 nitrogen and oxygen atoms in total. The van der Waals surface area contributed by atoms with Gasteiger partial charge < -0.3 is 14.7 Å². The van der Waals surface area contributed by atoms with Crippen molar-refractivity contribution in [1.82, 2.24) is 14.7 Å². The van der Waals surface area contributed by atoms with Gasteiger partial charge in [0, 0.05) is 33.5 Å². The first-order chi connectivity index (χ1) is 6.61. The quantitative estimate of drug-likeness (QED) is 0.568. The van der Waals surface area contributed by atoms with Crippen LogP contribution in [0.5, 0.6) is 0 Å². The molecule has 14 heavy (non-hydrogen) atoms. The Morgan fingerprint density at radius 2 is 1.71 bits per heavy atom. The van der Waals surface area contributed by atoms with Crippen LogP contribution in [0.3, 0.4) is 0 Å². The lowest BCUT2D eigenvalue weighted by Crippen LogP contribution is -2.40. The van der Waals surface area contributed by atoms with E-state index in [4.69, 9.17) is 0 Å². The SMILES string of the molecule is CC1N=CN(C)C2=C1N(C)C=CN2C. The molecular weight excluding hydrogens is 176 g/mol. The lowest BCUT2D eigenvalue weighted by molar-refractivity contribution is 0.334. The summed E-state index contributed by atoms with van der Waals surface area (Å²) in [7, 11) is 6.14. The summed E-state index contributed by atoms with van der Waals surface area (Å²) < 4.78 is 0. The smallest absolute Gasteiger partial charge is 0.135 e. The van der Waals surface area contributed by atoms with Crippen molar-refractivity contribution in [3.05, 3.63) is 23.9 Å². The lowest BCUT2D eigenvalue weighted by Gasteiger charge is -2.39. The molecule has 0 spiro atoms. The summed E-state index contributed by atoms with van der Waals surface area (Å²) in [6.45, 7) is 2.11. The van der Waals surface area contributed by atoms with E-state index in [2.05, 4.69) is 53.1 Å². The number of aliphatic imine (C=N–C) groups is 1. The zero-order chi connectivity index (χ0) is 10.3. The molecule has 1 atom stereocenters. The van der Waals surface area contributed by atoms with Crippen molar-refractivity contribution in [3.8, 4) is 0 Å². The zero-order valence-electron chi connectivity index (χ0n) is 9.10. The largest absolute Gasteiger partial charge is 0.348 e. The molecule has 0 aromatic rings. The minimum Gasteiger partial charge on any atom is -0.348 e. The molecule has 0 saturated carbocycles. The summed E-state index contributed by atoms with van der Waals surface area (Å²) in [6.07, 6.45) is 6.00. The number of nitrogens with zero attached hydrogens (tertiary/aromatic N) is 4. The highest BCUT2D eigenvalue weighted by molar-refractivity contribution is 5.61. The molecule has 2 aliphatic heterocycles. The topological polar surface area (TPSA) is 22.1 Å². The maximum absolute atomic E-state index is 4.42. The molecule has 0 aliphatic carbocycles. The molecule has 2 heterocycles. The van der Waals surface area contributed by atoms with Gasteiger partial charge in [-0.05, 0) is 6.92 Å². The highest BCUT2D eigenvalue weighted by atomic mass is 15.4. The number of rotatable bonds is 0. The molecule has 0 aromatic carbocycles. The second-order valence-corrected chi connectivity index (χ2v) is 3.78. The molecule has 1 unspecified atom stereocenters. The molecule has 76 valence electrons. The molecule has 0 bridgehead atoms. The second kappa shape index (κ2) is 3.04. The first-order valence-electron chi connectivity index (χ1n) is 4.75. The van der Waals surface area contributed by atoms with Gasteiger partial charge in [0.25, 0.3) is 0 Å². The molecule has 0 amide bonds. The predicted molar refractivity (Wildman–Crippen MR) is 57.4 cm³/mol. The molecule has 0 radical (unpaired) electrons. The van der Waals surface area contributed by atoms with Gasteiger partial charge in [-0.1, -0.05) is 0 Å². The summed E-state index contributed by atoms with van der Waals surface area (Å²) in [5.74, 6) is 1.21. The van der Waals surface area contributed by atoms with Gasteiger partial charge in [-0.15, -0.1) is 0 Å². The Labute approximate surface area is 84.8 Å². The van der Waals surface area contributed by atoms with Crippen LogP contribution in [0, 0.1) is 0 Å². The van der Waals surface area contributed by atoms with Crippen LogP contribution in [0.25, 0.3) is 0 Å². The van der Waals surface area contributed by atoms with Crippen molar-refractivity contribution >= 4 is 6.34 Å². The van der Waals surface area contributed by atoms with E-state index in [1.165, 1.54) is 11.5 Å². The normalized spacial score (nSPS) is 26.0. The van der Waals surface area contributed by atoms with E-state index < -0.39 is 0 Å². The van der Waals surface area contributed by atoms with Crippen molar-refractivity contribution in [1.29, 1.82) is 0 Å². The zero-order valence-corrected chi connectivity index (χ0v) is 9.10. The summed E-state index contributed by atoms with van der Waals surface area (Å²) in [5, 5.41) is 0. The Kier molecular flexibility index (Phi) is 1.98.